The SMILES string of the molecule is COCCC(N)CC12CC3CC(CC(C3)C1)C2.Cl. The van der Waals surface area contributed by atoms with Crippen molar-refractivity contribution in [1.29, 1.82) is 0 Å². The van der Waals surface area contributed by atoms with Crippen molar-refractivity contribution in [3.05, 3.63) is 0 Å². The fourth-order valence-corrected chi connectivity index (χ4v) is 5.47. The second-order valence-electron chi connectivity index (χ2n) is 7.16. The lowest BCUT2D eigenvalue weighted by Crippen LogP contribution is -2.48. The van der Waals surface area contributed by atoms with Crippen LogP contribution in [0, 0.1) is 23.2 Å². The van der Waals surface area contributed by atoms with E-state index in [2.05, 4.69) is 0 Å². The summed E-state index contributed by atoms with van der Waals surface area (Å²) in [5.74, 6) is 3.16. The van der Waals surface area contributed by atoms with Crippen LogP contribution in [-0.2, 0) is 4.74 Å². The molecule has 18 heavy (non-hydrogen) atoms. The molecule has 4 saturated carbocycles. The fourth-order valence-electron chi connectivity index (χ4n) is 5.47. The molecule has 3 heteroatoms. The van der Waals surface area contributed by atoms with Gasteiger partial charge in [-0.2, -0.15) is 0 Å². The number of hydrogen-bond acceptors (Lipinski definition) is 2. The van der Waals surface area contributed by atoms with Crippen LogP contribution in [0.2, 0.25) is 0 Å². The minimum atomic E-state index is 0. The second-order valence-corrected chi connectivity index (χ2v) is 7.16. The van der Waals surface area contributed by atoms with Gasteiger partial charge in [0.25, 0.3) is 0 Å². The number of ether oxygens (including phenoxy) is 1. The monoisotopic (exact) mass is 273 g/mol. The Balaban J connectivity index is 0.00000120. The molecule has 1 unspecified atom stereocenters. The van der Waals surface area contributed by atoms with Gasteiger partial charge in [0.15, 0.2) is 0 Å². The molecule has 4 bridgehead atoms. The highest BCUT2D eigenvalue weighted by Crippen LogP contribution is 2.61. The average molecular weight is 274 g/mol. The third kappa shape index (κ3) is 2.86. The van der Waals surface area contributed by atoms with Crippen molar-refractivity contribution in [2.24, 2.45) is 28.9 Å². The Kier molecular flexibility index (Phi) is 4.61. The maximum Gasteiger partial charge on any atom is 0.0477 e. The van der Waals surface area contributed by atoms with Gasteiger partial charge in [-0.15, -0.1) is 12.4 Å². The van der Waals surface area contributed by atoms with Crippen LogP contribution < -0.4 is 5.73 Å². The molecular weight excluding hydrogens is 246 g/mol. The first-order chi connectivity index (χ1) is 8.19. The molecule has 0 amide bonds. The van der Waals surface area contributed by atoms with E-state index in [0.717, 1.165) is 30.8 Å². The van der Waals surface area contributed by atoms with Crippen molar-refractivity contribution < 1.29 is 4.74 Å². The summed E-state index contributed by atoms with van der Waals surface area (Å²) in [5.41, 5.74) is 6.94. The lowest BCUT2D eigenvalue weighted by atomic mass is 9.48. The van der Waals surface area contributed by atoms with Crippen molar-refractivity contribution in [2.75, 3.05) is 13.7 Å². The Morgan fingerprint density at radius 3 is 2.06 bits per heavy atom. The van der Waals surface area contributed by atoms with Gasteiger partial charge >= 0.3 is 0 Å². The molecule has 2 nitrogen and oxygen atoms in total. The van der Waals surface area contributed by atoms with E-state index < -0.39 is 0 Å². The maximum absolute atomic E-state index is 6.30. The summed E-state index contributed by atoms with van der Waals surface area (Å²) in [4.78, 5) is 0. The molecule has 0 aromatic heterocycles. The Labute approximate surface area is 117 Å². The van der Waals surface area contributed by atoms with Crippen molar-refractivity contribution in [3.8, 4) is 0 Å². The third-order valence-corrected chi connectivity index (χ3v) is 5.55. The van der Waals surface area contributed by atoms with Crippen LogP contribution in [0.4, 0.5) is 0 Å². The van der Waals surface area contributed by atoms with Crippen LogP contribution in [0.1, 0.15) is 51.4 Å². The van der Waals surface area contributed by atoms with Gasteiger partial charge in [0.2, 0.25) is 0 Å². The average Bonchev–Trinajstić information content (AvgIpc) is 2.23. The van der Waals surface area contributed by atoms with Gasteiger partial charge in [-0.25, -0.2) is 0 Å². The smallest absolute Gasteiger partial charge is 0.0477 e. The van der Waals surface area contributed by atoms with Crippen LogP contribution >= 0.6 is 12.4 Å². The molecule has 0 aromatic rings. The summed E-state index contributed by atoms with van der Waals surface area (Å²) >= 11 is 0. The molecule has 2 N–H and O–H groups in total. The standard InChI is InChI=1S/C15H27NO.ClH/c1-17-3-2-14(16)10-15-7-11-4-12(8-15)6-13(5-11)9-15;/h11-14H,2-10,16H2,1H3;1H. The van der Waals surface area contributed by atoms with E-state index in [1.165, 1.54) is 44.9 Å². The highest BCUT2D eigenvalue weighted by molar-refractivity contribution is 5.85. The summed E-state index contributed by atoms with van der Waals surface area (Å²) in [6, 6.07) is 0.367. The minimum absolute atomic E-state index is 0. The van der Waals surface area contributed by atoms with E-state index in [9.17, 15) is 0 Å². The molecule has 106 valence electrons. The van der Waals surface area contributed by atoms with Crippen LogP contribution in [0.15, 0.2) is 0 Å². The highest BCUT2D eigenvalue weighted by atomic mass is 35.5. The number of rotatable bonds is 5. The molecule has 4 fully saturated rings. The third-order valence-electron chi connectivity index (χ3n) is 5.55. The molecule has 0 aromatic carbocycles. The van der Waals surface area contributed by atoms with E-state index >= 15 is 0 Å². The molecule has 4 aliphatic rings. The van der Waals surface area contributed by atoms with Gasteiger partial charge in [-0.1, -0.05) is 0 Å². The van der Waals surface area contributed by atoms with Gasteiger partial charge in [0.1, 0.15) is 0 Å². The molecule has 0 radical (unpaired) electrons. The molecule has 0 saturated heterocycles. The zero-order chi connectivity index (χ0) is 11.9. The summed E-state index contributed by atoms with van der Waals surface area (Å²) in [7, 11) is 1.78. The highest BCUT2D eigenvalue weighted by Gasteiger charge is 2.50. The number of nitrogens with two attached hydrogens (primary N) is 1. The van der Waals surface area contributed by atoms with E-state index in [1.807, 2.05) is 0 Å². The van der Waals surface area contributed by atoms with E-state index in [1.54, 1.807) is 7.11 Å². The summed E-state index contributed by atoms with van der Waals surface area (Å²) in [5, 5.41) is 0. The van der Waals surface area contributed by atoms with Crippen molar-refractivity contribution >= 4 is 12.4 Å². The van der Waals surface area contributed by atoms with E-state index in [-0.39, 0.29) is 12.4 Å². The Hall–Kier alpha value is 0.210. The van der Waals surface area contributed by atoms with Gasteiger partial charge < -0.3 is 10.5 Å². The normalized spacial score (nSPS) is 42.7. The number of hydrogen-bond donors (Lipinski definition) is 1. The molecule has 0 aliphatic heterocycles. The first-order valence-electron chi connectivity index (χ1n) is 7.44. The number of halogens is 1. The van der Waals surface area contributed by atoms with E-state index in [4.69, 9.17) is 10.5 Å². The lowest BCUT2D eigenvalue weighted by Gasteiger charge is -2.57. The van der Waals surface area contributed by atoms with Crippen LogP contribution in [-0.4, -0.2) is 19.8 Å². The van der Waals surface area contributed by atoms with Crippen LogP contribution in [0.25, 0.3) is 0 Å². The zero-order valence-electron chi connectivity index (χ0n) is 11.6. The maximum atomic E-state index is 6.30. The molecule has 0 heterocycles. The largest absolute Gasteiger partial charge is 0.385 e. The van der Waals surface area contributed by atoms with Crippen molar-refractivity contribution in [2.45, 2.75) is 57.4 Å². The van der Waals surface area contributed by atoms with Gasteiger partial charge in [-0.3, -0.25) is 0 Å². The predicted molar refractivity (Wildman–Crippen MR) is 76.9 cm³/mol. The minimum Gasteiger partial charge on any atom is -0.385 e. The number of methoxy groups -OCH3 is 1. The summed E-state index contributed by atoms with van der Waals surface area (Å²) in [6.45, 7) is 0.827. The summed E-state index contributed by atoms with van der Waals surface area (Å²) in [6.07, 6.45) is 11.4. The lowest BCUT2D eigenvalue weighted by molar-refractivity contribution is -0.0612. The van der Waals surface area contributed by atoms with Gasteiger partial charge in [0.05, 0.1) is 0 Å². The van der Waals surface area contributed by atoms with Gasteiger partial charge in [0, 0.05) is 19.8 Å². The molecule has 4 rings (SSSR count). The quantitative estimate of drug-likeness (QED) is 0.833. The fraction of sp³-hybridized carbons (Fsp3) is 1.00. The Morgan fingerprint density at radius 2 is 1.61 bits per heavy atom. The van der Waals surface area contributed by atoms with Crippen molar-refractivity contribution in [1.82, 2.24) is 0 Å². The summed E-state index contributed by atoms with van der Waals surface area (Å²) < 4.78 is 5.15. The van der Waals surface area contributed by atoms with Crippen LogP contribution in [0.3, 0.4) is 0 Å². The molecule has 1 atom stereocenters. The van der Waals surface area contributed by atoms with E-state index in [0.29, 0.717) is 11.5 Å². The molecular formula is C15H28ClNO. The van der Waals surface area contributed by atoms with Crippen LogP contribution in [0.5, 0.6) is 0 Å². The molecule has 4 aliphatic carbocycles. The molecule has 0 spiro atoms. The topological polar surface area (TPSA) is 35.2 Å². The second kappa shape index (κ2) is 5.68. The Bertz CT molecular complexity index is 246. The van der Waals surface area contributed by atoms with Gasteiger partial charge in [-0.05, 0) is 74.5 Å². The zero-order valence-corrected chi connectivity index (χ0v) is 12.4. The van der Waals surface area contributed by atoms with Crippen molar-refractivity contribution in [3.63, 3.8) is 0 Å². The first-order valence-corrected chi connectivity index (χ1v) is 7.44. The predicted octanol–water partition coefficient (Wildman–Crippen LogP) is 3.38. The Morgan fingerprint density at radius 1 is 1.11 bits per heavy atom. The first kappa shape index (κ1) is 14.6.